The average Bonchev–Trinajstić information content (AvgIpc) is 3.18. The molecule has 1 unspecified atom stereocenters. The van der Waals surface area contributed by atoms with E-state index in [0.717, 1.165) is 45.3 Å². The van der Waals surface area contributed by atoms with Gasteiger partial charge in [0.2, 0.25) is 0 Å². The van der Waals surface area contributed by atoms with Gasteiger partial charge < -0.3 is 24.4 Å². The van der Waals surface area contributed by atoms with Crippen molar-refractivity contribution in [1.82, 2.24) is 10.2 Å². The van der Waals surface area contributed by atoms with Crippen LogP contribution in [0.2, 0.25) is 0 Å². The van der Waals surface area contributed by atoms with E-state index in [9.17, 15) is 0 Å². The van der Waals surface area contributed by atoms with Crippen LogP contribution < -0.4 is 5.32 Å². The lowest BCUT2D eigenvalue weighted by molar-refractivity contribution is 0.0453. The Labute approximate surface area is 187 Å². The molecule has 0 amide bonds. The summed E-state index contributed by atoms with van der Waals surface area (Å²) in [6, 6.07) is 8.43. The maximum atomic E-state index is 5.66. The van der Waals surface area contributed by atoms with Gasteiger partial charge in [0.15, 0.2) is 5.96 Å². The lowest BCUT2D eigenvalue weighted by Gasteiger charge is -2.24. The van der Waals surface area contributed by atoms with Gasteiger partial charge in [0, 0.05) is 39.3 Å². The molecular weight excluding hydrogens is 469 g/mol. The van der Waals surface area contributed by atoms with E-state index in [-0.39, 0.29) is 24.0 Å². The van der Waals surface area contributed by atoms with E-state index >= 15 is 0 Å². The number of hydrogen-bond donors (Lipinski definition) is 1. The van der Waals surface area contributed by atoms with Gasteiger partial charge in [-0.1, -0.05) is 24.3 Å². The lowest BCUT2D eigenvalue weighted by Crippen LogP contribution is -2.41. The van der Waals surface area contributed by atoms with Crippen LogP contribution in [-0.2, 0) is 27.4 Å². The van der Waals surface area contributed by atoms with Gasteiger partial charge in [-0.2, -0.15) is 0 Å². The predicted molar refractivity (Wildman–Crippen MR) is 124 cm³/mol. The molecule has 28 heavy (non-hydrogen) atoms. The van der Waals surface area contributed by atoms with E-state index < -0.39 is 0 Å². The number of hydrogen-bond acceptors (Lipinski definition) is 4. The Balaban J connectivity index is 0.00000392. The van der Waals surface area contributed by atoms with Crippen LogP contribution in [0, 0.1) is 5.92 Å². The Morgan fingerprint density at radius 2 is 2.04 bits per heavy atom. The van der Waals surface area contributed by atoms with Crippen LogP contribution in [0.15, 0.2) is 29.3 Å². The predicted octanol–water partition coefficient (Wildman–Crippen LogP) is 3.29. The van der Waals surface area contributed by atoms with Crippen molar-refractivity contribution in [3.63, 3.8) is 0 Å². The molecule has 1 N–H and O–H groups in total. The molecule has 0 bridgehead atoms. The third kappa shape index (κ3) is 9.54. The topological polar surface area (TPSA) is 55.3 Å². The highest BCUT2D eigenvalue weighted by Gasteiger charge is 2.19. The zero-order valence-corrected chi connectivity index (χ0v) is 19.8. The van der Waals surface area contributed by atoms with Crippen molar-refractivity contribution in [2.75, 3.05) is 53.2 Å². The standard InChI is InChI=1S/C21H35N3O3.HI/c1-4-22-21(24(3)15-20-9-10-26-17-20)23-14-18-7-6-8-19(13-18)16-27-12-11-25-5-2;/h6-8,13,20H,4-5,9-12,14-17H2,1-3H3,(H,22,23);1H. The molecule has 0 saturated carbocycles. The minimum absolute atomic E-state index is 0. The Bertz CT molecular complexity index is 566. The molecule has 1 fully saturated rings. The first-order valence-corrected chi connectivity index (χ1v) is 10.0. The first-order chi connectivity index (χ1) is 13.2. The van der Waals surface area contributed by atoms with Crippen LogP contribution in [0.5, 0.6) is 0 Å². The maximum Gasteiger partial charge on any atom is 0.193 e. The summed E-state index contributed by atoms with van der Waals surface area (Å²) < 4.78 is 16.4. The highest BCUT2D eigenvalue weighted by Crippen LogP contribution is 2.13. The normalized spacial score (nSPS) is 16.7. The molecule has 0 aliphatic carbocycles. The van der Waals surface area contributed by atoms with Crippen LogP contribution in [0.1, 0.15) is 31.4 Å². The summed E-state index contributed by atoms with van der Waals surface area (Å²) >= 11 is 0. The van der Waals surface area contributed by atoms with E-state index in [2.05, 4.69) is 48.5 Å². The van der Waals surface area contributed by atoms with Crippen molar-refractivity contribution in [2.45, 2.75) is 33.4 Å². The fourth-order valence-corrected chi connectivity index (χ4v) is 3.11. The van der Waals surface area contributed by atoms with Crippen LogP contribution in [-0.4, -0.2) is 64.0 Å². The van der Waals surface area contributed by atoms with Crippen molar-refractivity contribution >= 4 is 29.9 Å². The minimum Gasteiger partial charge on any atom is -0.381 e. The molecule has 0 radical (unpaired) electrons. The average molecular weight is 505 g/mol. The van der Waals surface area contributed by atoms with Gasteiger partial charge in [0.25, 0.3) is 0 Å². The number of aliphatic imine (C=N–C) groups is 1. The van der Waals surface area contributed by atoms with Crippen molar-refractivity contribution in [3.05, 3.63) is 35.4 Å². The van der Waals surface area contributed by atoms with Gasteiger partial charge in [-0.25, -0.2) is 4.99 Å². The SMILES string of the molecule is CCNC(=NCc1cccc(COCCOCC)c1)N(C)CC1CCOC1.I. The molecule has 1 atom stereocenters. The molecule has 2 rings (SSSR count). The molecule has 6 nitrogen and oxygen atoms in total. The minimum atomic E-state index is 0. The van der Waals surface area contributed by atoms with Gasteiger partial charge in [-0.15, -0.1) is 24.0 Å². The Morgan fingerprint density at radius 3 is 2.75 bits per heavy atom. The number of nitrogens with zero attached hydrogens (tertiary/aromatic N) is 2. The summed E-state index contributed by atoms with van der Waals surface area (Å²) in [6.45, 7) is 10.9. The summed E-state index contributed by atoms with van der Waals surface area (Å²) in [5, 5.41) is 3.39. The Kier molecular flexibility index (Phi) is 13.5. The van der Waals surface area contributed by atoms with Gasteiger partial charge >= 0.3 is 0 Å². The van der Waals surface area contributed by atoms with Crippen molar-refractivity contribution in [3.8, 4) is 0 Å². The zero-order valence-electron chi connectivity index (χ0n) is 17.5. The first kappa shape index (κ1) is 25.1. The fourth-order valence-electron chi connectivity index (χ4n) is 3.11. The highest BCUT2D eigenvalue weighted by molar-refractivity contribution is 14.0. The molecule has 0 aromatic heterocycles. The van der Waals surface area contributed by atoms with Crippen LogP contribution in [0.3, 0.4) is 0 Å². The first-order valence-electron chi connectivity index (χ1n) is 10.0. The summed E-state index contributed by atoms with van der Waals surface area (Å²) in [5.74, 6) is 1.54. The molecule has 1 aromatic rings. The molecule has 1 aliphatic heterocycles. The number of benzene rings is 1. The van der Waals surface area contributed by atoms with Gasteiger partial charge in [0.05, 0.1) is 33.0 Å². The van der Waals surface area contributed by atoms with Crippen molar-refractivity contribution in [2.24, 2.45) is 10.9 Å². The molecule has 1 saturated heterocycles. The van der Waals surface area contributed by atoms with Gasteiger partial charge in [-0.3, -0.25) is 0 Å². The van der Waals surface area contributed by atoms with E-state index in [1.54, 1.807) is 0 Å². The number of ether oxygens (including phenoxy) is 3. The Hall–Kier alpha value is -0.900. The van der Waals surface area contributed by atoms with Gasteiger partial charge in [0.1, 0.15) is 0 Å². The largest absolute Gasteiger partial charge is 0.381 e. The summed E-state index contributed by atoms with van der Waals surface area (Å²) in [6.07, 6.45) is 1.13. The van der Waals surface area contributed by atoms with Crippen molar-refractivity contribution in [1.29, 1.82) is 0 Å². The quantitative estimate of drug-likeness (QED) is 0.217. The van der Waals surface area contributed by atoms with Gasteiger partial charge in [-0.05, 0) is 31.4 Å². The van der Waals surface area contributed by atoms with E-state index in [0.29, 0.717) is 32.3 Å². The summed E-state index contributed by atoms with van der Waals surface area (Å²) in [5.41, 5.74) is 2.36. The maximum absolute atomic E-state index is 5.66. The Morgan fingerprint density at radius 1 is 1.25 bits per heavy atom. The molecule has 7 heteroatoms. The van der Waals surface area contributed by atoms with Crippen molar-refractivity contribution < 1.29 is 14.2 Å². The molecule has 1 heterocycles. The number of rotatable bonds is 11. The number of nitrogens with one attached hydrogen (secondary N) is 1. The number of halogens is 1. The smallest absolute Gasteiger partial charge is 0.193 e. The fraction of sp³-hybridized carbons (Fsp3) is 0.667. The molecule has 1 aromatic carbocycles. The van der Waals surface area contributed by atoms with E-state index in [4.69, 9.17) is 19.2 Å². The summed E-state index contributed by atoms with van der Waals surface area (Å²) in [4.78, 5) is 7.03. The lowest BCUT2D eigenvalue weighted by atomic mass is 10.1. The number of guanidine groups is 1. The molecule has 1 aliphatic rings. The van der Waals surface area contributed by atoms with Crippen LogP contribution in [0.4, 0.5) is 0 Å². The second-order valence-corrected chi connectivity index (χ2v) is 6.85. The summed E-state index contributed by atoms with van der Waals surface area (Å²) in [7, 11) is 2.10. The molecular formula is C21H36IN3O3. The highest BCUT2D eigenvalue weighted by atomic mass is 127. The second kappa shape index (κ2) is 15.0. The van der Waals surface area contributed by atoms with Crippen LogP contribution in [0.25, 0.3) is 0 Å². The molecule has 0 spiro atoms. The van der Waals surface area contributed by atoms with E-state index in [1.165, 1.54) is 11.1 Å². The zero-order chi connectivity index (χ0) is 19.3. The third-order valence-electron chi connectivity index (χ3n) is 4.50. The van der Waals surface area contributed by atoms with Crippen LogP contribution >= 0.6 is 24.0 Å². The monoisotopic (exact) mass is 505 g/mol. The molecule has 160 valence electrons. The third-order valence-corrected chi connectivity index (χ3v) is 4.50. The second-order valence-electron chi connectivity index (χ2n) is 6.85. The van der Waals surface area contributed by atoms with E-state index in [1.807, 2.05) is 6.92 Å².